The van der Waals surface area contributed by atoms with E-state index in [2.05, 4.69) is 5.32 Å². The number of ether oxygens (including phenoxy) is 1. The van der Waals surface area contributed by atoms with E-state index in [1.807, 2.05) is 18.2 Å². The van der Waals surface area contributed by atoms with E-state index in [0.29, 0.717) is 5.56 Å². The number of hydrogen-bond acceptors (Lipinski definition) is 4. The van der Waals surface area contributed by atoms with Crippen molar-refractivity contribution in [1.82, 2.24) is 0 Å². The molecule has 0 spiro atoms. The van der Waals surface area contributed by atoms with Crippen molar-refractivity contribution in [3.63, 3.8) is 0 Å². The minimum atomic E-state index is -1.23. The number of benzene rings is 2. The fourth-order valence-corrected chi connectivity index (χ4v) is 3.19. The summed E-state index contributed by atoms with van der Waals surface area (Å²) >= 11 is 0. The van der Waals surface area contributed by atoms with E-state index in [0.717, 1.165) is 25.7 Å². The second kappa shape index (κ2) is 7.28. The number of amides is 1. The summed E-state index contributed by atoms with van der Waals surface area (Å²) in [6, 6.07) is 10.0. The lowest BCUT2D eigenvalue weighted by molar-refractivity contribution is 0.0698. The summed E-state index contributed by atoms with van der Waals surface area (Å²) in [5.74, 6) is -1.42. The van der Waals surface area contributed by atoms with Crippen LogP contribution in [-0.4, -0.2) is 24.1 Å². The summed E-state index contributed by atoms with van der Waals surface area (Å²) in [5, 5.41) is 21.1. The Morgan fingerprint density at radius 2 is 1.88 bits per heavy atom. The number of carboxylic acids is 1. The average Bonchev–Trinajstić information content (AvgIpc) is 2.66. The molecule has 0 aliphatic heterocycles. The predicted octanol–water partition coefficient (Wildman–Crippen LogP) is 3.40. The summed E-state index contributed by atoms with van der Waals surface area (Å²) in [5.41, 5.74) is 2.94. The fourth-order valence-electron chi connectivity index (χ4n) is 3.19. The summed E-state index contributed by atoms with van der Waals surface area (Å²) in [7, 11) is 1.38. The van der Waals surface area contributed by atoms with Crippen molar-refractivity contribution in [3.05, 3.63) is 58.1 Å². The van der Waals surface area contributed by atoms with Crippen LogP contribution >= 0.6 is 0 Å². The fraction of sp³-hybridized carbons (Fsp3) is 0.250. The van der Waals surface area contributed by atoms with Gasteiger partial charge in [-0.3, -0.25) is 4.79 Å². The number of fused-ring (bicyclic) bond motifs is 1. The smallest absolute Gasteiger partial charge is 0.337 e. The Morgan fingerprint density at radius 3 is 2.54 bits per heavy atom. The standard InChI is InChI=1S/C20H18N2O4/c1-26-18-10-17(16(20(24)25)9-15(18)11-21)22-19(23)14-7-6-12-4-2-3-5-13(12)8-14/h6-10H,2-5H2,1H3,(H,22,23)(H,24,25). The molecule has 6 heteroatoms. The van der Waals surface area contributed by atoms with Gasteiger partial charge in [-0.15, -0.1) is 0 Å². The highest BCUT2D eigenvalue weighted by atomic mass is 16.5. The Labute approximate surface area is 151 Å². The number of carbonyl (C=O) groups excluding carboxylic acids is 1. The Balaban J connectivity index is 1.94. The third kappa shape index (κ3) is 3.38. The Morgan fingerprint density at radius 1 is 1.15 bits per heavy atom. The topological polar surface area (TPSA) is 99.4 Å². The van der Waals surface area contributed by atoms with E-state index in [1.54, 1.807) is 6.07 Å². The molecule has 0 heterocycles. The van der Waals surface area contributed by atoms with Crippen LogP contribution in [0, 0.1) is 11.3 Å². The van der Waals surface area contributed by atoms with Crippen molar-refractivity contribution in [1.29, 1.82) is 5.26 Å². The number of nitriles is 1. The van der Waals surface area contributed by atoms with Gasteiger partial charge in [-0.05, 0) is 55.0 Å². The molecule has 3 rings (SSSR count). The second-order valence-corrected chi connectivity index (χ2v) is 6.16. The van der Waals surface area contributed by atoms with Crippen LogP contribution in [0.3, 0.4) is 0 Å². The number of rotatable bonds is 4. The van der Waals surface area contributed by atoms with Crippen molar-refractivity contribution < 1.29 is 19.4 Å². The SMILES string of the molecule is COc1cc(NC(=O)c2ccc3c(c2)CCCC3)c(C(=O)O)cc1C#N. The van der Waals surface area contributed by atoms with Gasteiger partial charge in [0, 0.05) is 11.6 Å². The van der Waals surface area contributed by atoms with Crippen LogP contribution in [0.15, 0.2) is 30.3 Å². The van der Waals surface area contributed by atoms with Gasteiger partial charge in [0.05, 0.1) is 23.9 Å². The van der Waals surface area contributed by atoms with Crippen LogP contribution in [0.2, 0.25) is 0 Å². The predicted molar refractivity (Wildman–Crippen MR) is 95.7 cm³/mol. The van der Waals surface area contributed by atoms with E-state index in [4.69, 9.17) is 10.00 Å². The van der Waals surface area contributed by atoms with Gasteiger partial charge < -0.3 is 15.2 Å². The first kappa shape index (κ1) is 17.5. The van der Waals surface area contributed by atoms with E-state index in [-0.39, 0.29) is 22.6 Å². The number of hydrogen-bond donors (Lipinski definition) is 2. The zero-order valence-electron chi connectivity index (χ0n) is 14.3. The van der Waals surface area contributed by atoms with Gasteiger partial charge in [-0.25, -0.2) is 4.79 Å². The van der Waals surface area contributed by atoms with E-state index in [9.17, 15) is 14.7 Å². The van der Waals surface area contributed by atoms with Gasteiger partial charge in [0.25, 0.3) is 5.91 Å². The quantitative estimate of drug-likeness (QED) is 0.880. The number of aryl methyl sites for hydroxylation is 2. The van der Waals surface area contributed by atoms with Crippen LogP contribution in [-0.2, 0) is 12.8 Å². The van der Waals surface area contributed by atoms with Crippen LogP contribution in [0.4, 0.5) is 5.69 Å². The van der Waals surface area contributed by atoms with Crippen LogP contribution in [0.1, 0.15) is 50.2 Å². The van der Waals surface area contributed by atoms with Gasteiger partial charge >= 0.3 is 5.97 Å². The van der Waals surface area contributed by atoms with E-state index >= 15 is 0 Å². The van der Waals surface area contributed by atoms with Crippen LogP contribution in [0.5, 0.6) is 5.75 Å². The Bertz CT molecular complexity index is 928. The van der Waals surface area contributed by atoms with Crippen LogP contribution < -0.4 is 10.1 Å². The summed E-state index contributed by atoms with van der Waals surface area (Å²) in [6.07, 6.45) is 4.23. The van der Waals surface area contributed by atoms with Crippen molar-refractivity contribution >= 4 is 17.6 Å². The largest absolute Gasteiger partial charge is 0.495 e. The minimum absolute atomic E-state index is 0.0936. The number of anilines is 1. The maximum atomic E-state index is 12.6. The average molecular weight is 350 g/mol. The van der Waals surface area contributed by atoms with E-state index in [1.165, 1.54) is 30.4 Å². The monoisotopic (exact) mass is 350 g/mol. The lowest BCUT2D eigenvalue weighted by atomic mass is 9.90. The number of nitrogens with one attached hydrogen (secondary N) is 1. The molecule has 0 bridgehead atoms. The Hall–Kier alpha value is -3.33. The van der Waals surface area contributed by atoms with Crippen molar-refractivity contribution in [2.75, 3.05) is 12.4 Å². The molecule has 0 fully saturated rings. The Kier molecular flexibility index (Phi) is 4.90. The molecule has 0 radical (unpaired) electrons. The molecule has 0 aromatic heterocycles. The molecule has 2 aromatic carbocycles. The highest BCUT2D eigenvalue weighted by molar-refractivity contribution is 6.08. The molecule has 132 valence electrons. The maximum absolute atomic E-state index is 12.6. The molecule has 0 atom stereocenters. The number of nitrogens with zero attached hydrogens (tertiary/aromatic N) is 1. The number of aromatic carboxylic acids is 1. The van der Waals surface area contributed by atoms with Gasteiger partial charge in [0.1, 0.15) is 11.8 Å². The van der Waals surface area contributed by atoms with Gasteiger partial charge in [0.2, 0.25) is 0 Å². The van der Waals surface area contributed by atoms with Crippen LogP contribution in [0.25, 0.3) is 0 Å². The van der Waals surface area contributed by atoms with Crippen molar-refractivity contribution in [2.24, 2.45) is 0 Å². The molecular formula is C20H18N2O4. The molecule has 0 saturated heterocycles. The summed E-state index contributed by atoms with van der Waals surface area (Å²) in [4.78, 5) is 24.1. The van der Waals surface area contributed by atoms with Gasteiger partial charge in [-0.2, -0.15) is 5.26 Å². The van der Waals surface area contributed by atoms with E-state index < -0.39 is 11.9 Å². The first-order chi connectivity index (χ1) is 12.5. The van der Waals surface area contributed by atoms with Gasteiger partial charge in [0.15, 0.2) is 0 Å². The summed E-state index contributed by atoms with van der Waals surface area (Å²) in [6.45, 7) is 0. The summed E-state index contributed by atoms with van der Waals surface area (Å²) < 4.78 is 5.11. The molecule has 1 aliphatic rings. The number of carbonyl (C=O) groups is 2. The third-order valence-corrected chi connectivity index (χ3v) is 4.55. The first-order valence-electron chi connectivity index (χ1n) is 8.32. The maximum Gasteiger partial charge on any atom is 0.337 e. The zero-order chi connectivity index (χ0) is 18.7. The normalized spacial score (nSPS) is 12.6. The number of carboxylic acid groups (broad SMARTS) is 1. The lowest BCUT2D eigenvalue weighted by Crippen LogP contribution is -2.16. The molecule has 0 saturated carbocycles. The first-order valence-corrected chi connectivity index (χ1v) is 8.32. The van der Waals surface area contributed by atoms with Crippen molar-refractivity contribution in [3.8, 4) is 11.8 Å². The highest BCUT2D eigenvalue weighted by Crippen LogP contribution is 2.28. The molecule has 1 aliphatic carbocycles. The molecule has 6 nitrogen and oxygen atoms in total. The van der Waals surface area contributed by atoms with Gasteiger partial charge in [-0.1, -0.05) is 6.07 Å². The zero-order valence-corrected chi connectivity index (χ0v) is 14.3. The molecular weight excluding hydrogens is 332 g/mol. The third-order valence-electron chi connectivity index (χ3n) is 4.55. The molecule has 2 aromatic rings. The minimum Gasteiger partial charge on any atom is -0.495 e. The lowest BCUT2D eigenvalue weighted by Gasteiger charge is -2.17. The molecule has 26 heavy (non-hydrogen) atoms. The molecule has 0 unspecified atom stereocenters. The molecule has 1 amide bonds. The number of methoxy groups -OCH3 is 1. The highest BCUT2D eigenvalue weighted by Gasteiger charge is 2.19. The second-order valence-electron chi connectivity index (χ2n) is 6.16. The molecule has 2 N–H and O–H groups in total. The van der Waals surface area contributed by atoms with Crippen molar-refractivity contribution in [2.45, 2.75) is 25.7 Å².